The molecule has 0 heterocycles. The average Bonchev–Trinajstić information content (AvgIpc) is 2.26. The van der Waals surface area contributed by atoms with Crippen LogP contribution < -0.4 is 9.31 Å². The Morgan fingerprint density at radius 2 is 2.00 bits per heavy atom. The summed E-state index contributed by atoms with van der Waals surface area (Å²) >= 11 is -1.84. The van der Waals surface area contributed by atoms with E-state index in [2.05, 4.69) is 38.1 Å². The Hall–Kier alpha value is -0.0613. The summed E-state index contributed by atoms with van der Waals surface area (Å²) in [5.74, 6) is 0. The van der Waals surface area contributed by atoms with Crippen molar-refractivity contribution >= 4 is 23.8 Å². The predicted molar refractivity (Wildman–Crippen MR) is 66.5 cm³/mol. The number of benzene rings is 1. The molecular formula is C12H20NOSn. The molecule has 1 radical (unpaired) electrons. The van der Waals surface area contributed by atoms with Gasteiger partial charge in [0.1, 0.15) is 0 Å². The van der Waals surface area contributed by atoms with Crippen molar-refractivity contribution in [3.8, 4) is 0 Å². The molecule has 0 aliphatic carbocycles. The Balaban J connectivity index is 2.99. The van der Waals surface area contributed by atoms with Crippen molar-refractivity contribution in [3.63, 3.8) is 0 Å². The van der Waals surface area contributed by atoms with Crippen LogP contribution in [0.15, 0.2) is 24.3 Å². The van der Waals surface area contributed by atoms with E-state index in [0.717, 1.165) is 6.61 Å². The van der Waals surface area contributed by atoms with E-state index in [0.29, 0.717) is 0 Å². The molecule has 15 heavy (non-hydrogen) atoms. The van der Waals surface area contributed by atoms with Gasteiger partial charge in [-0.2, -0.15) is 0 Å². The monoisotopic (exact) mass is 314 g/mol. The molecule has 0 aromatic heterocycles. The van der Waals surface area contributed by atoms with Gasteiger partial charge in [0.05, 0.1) is 0 Å². The van der Waals surface area contributed by atoms with Gasteiger partial charge in [-0.3, -0.25) is 0 Å². The molecule has 0 spiro atoms. The van der Waals surface area contributed by atoms with Crippen LogP contribution in [0.3, 0.4) is 0 Å². The van der Waals surface area contributed by atoms with Crippen LogP contribution in [0.25, 0.3) is 0 Å². The zero-order chi connectivity index (χ0) is 11.3. The van der Waals surface area contributed by atoms with E-state index >= 15 is 0 Å². The van der Waals surface area contributed by atoms with Crippen molar-refractivity contribution in [1.29, 1.82) is 0 Å². The van der Waals surface area contributed by atoms with Gasteiger partial charge in [0, 0.05) is 0 Å². The Morgan fingerprint density at radius 3 is 2.53 bits per heavy atom. The molecular weight excluding hydrogens is 293 g/mol. The van der Waals surface area contributed by atoms with Gasteiger partial charge in [0.2, 0.25) is 0 Å². The third kappa shape index (κ3) is 3.47. The first kappa shape index (κ1) is 13.0. The molecule has 1 aromatic carbocycles. The van der Waals surface area contributed by atoms with E-state index < -0.39 is 20.2 Å². The van der Waals surface area contributed by atoms with Crippen molar-refractivity contribution in [2.45, 2.75) is 31.2 Å². The van der Waals surface area contributed by atoms with Crippen LogP contribution in [-0.4, -0.2) is 26.8 Å². The topological polar surface area (TPSA) is 35.2 Å². The number of rotatable bonds is 5. The zero-order valence-corrected chi connectivity index (χ0v) is 12.6. The van der Waals surface area contributed by atoms with Crippen molar-refractivity contribution in [2.24, 2.45) is 5.73 Å². The summed E-state index contributed by atoms with van der Waals surface area (Å²) in [6.45, 7) is 7.17. The Bertz CT molecular complexity index is 301. The van der Waals surface area contributed by atoms with E-state index in [-0.39, 0.29) is 6.04 Å². The molecule has 1 aromatic rings. The fourth-order valence-corrected chi connectivity index (χ4v) is 7.41. The second-order valence-electron chi connectivity index (χ2n) is 3.59. The third-order valence-electron chi connectivity index (χ3n) is 2.39. The zero-order valence-electron chi connectivity index (χ0n) is 9.79. The molecule has 0 saturated carbocycles. The van der Waals surface area contributed by atoms with Crippen molar-refractivity contribution < 1.29 is 3.07 Å². The van der Waals surface area contributed by atoms with Crippen molar-refractivity contribution in [3.05, 3.63) is 29.8 Å². The molecule has 0 aliphatic heterocycles. The van der Waals surface area contributed by atoms with Gasteiger partial charge in [0.25, 0.3) is 0 Å². The second kappa shape index (κ2) is 6.51. The van der Waals surface area contributed by atoms with Crippen LogP contribution in [0.1, 0.15) is 32.4 Å². The summed E-state index contributed by atoms with van der Waals surface area (Å²) in [6.07, 6.45) is 0. The molecule has 0 aliphatic rings. The molecule has 0 fully saturated rings. The summed E-state index contributed by atoms with van der Waals surface area (Å²) in [5, 5.41) is 0. The Kier molecular flexibility index (Phi) is 5.64. The SMILES string of the molecule is CC[O][Sn]([CH2]C)[c]1ccccc1C(C)N. The molecule has 0 amide bonds. The quantitative estimate of drug-likeness (QED) is 0.844. The van der Waals surface area contributed by atoms with E-state index in [4.69, 9.17) is 8.81 Å². The van der Waals surface area contributed by atoms with Gasteiger partial charge in [0.15, 0.2) is 0 Å². The maximum atomic E-state index is 5.98. The average molecular weight is 313 g/mol. The summed E-state index contributed by atoms with van der Waals surface area (Å²) in [7, 11) is 0. The van der Waals surface area contributed by atoms with Crippen molar-refractivity contribution in [2.75, 3.05) is 6.61 Å². The van der Waals surface area contributed by atoms with Gasteiger partial charge in [-0.15, -0.1) is 0 Å². The first-order chi connectivity index (χ1) is 7.20. The van der Waals surface area contributed by atoms with Crippen molar-refractivity contribution in [1.82, 2.24) is 0 Å². The van der Waals surface area contributed by atoms with E-state index in [1.54, 1.807) is 0 Å². The standard InChI is InChI=1S/C8H10N.C2H5O.C2H5.Sn/c1-7(9)8-5-3-2-4-6-8;1-2-3;1-2;/h2-5,7H,9H2,1H3;2H2,1H3;1H2,2H3;/q;-1;;+1. The fourth-order valence-electron chi connectivity index (χ4n) is 1.69. The van der Waals surface area contributed by atoms with Gasteiger partial charge in [-0.05, 0) is 0 Å². The fraction of sp³-hybridized carbons (Fsp3) is 0.500. The molecule has 0 saturated heterocycles. The van der Waals surface area contributed by atoms with Crippen LogP contribution in [-0.2, 0) is 3.07 Å². The predicted octanol–water partition coefficient (Wildman–Crippen LogP) is 1.96. The van der Waals surface area contributed by atoms with Crippen LogP contribution >= 0.6 is 0 Å². The van der Waals surface area contributed by atoms with Gasteiger partial charge in [-0.1, -0.05) is 0 Å². The molecule has 2 nitrogen and oxygen atoms in total. The number of nitrogens with two attached hydrogens (primary N) is 1. The molecule has 83 valence electrons. The normalized spacial score (nSPS) is 13.1. The van der Waals surface area contributed by atoms with Crippen LogP contribution in [0.5, 0.6) is 0 Å². The first-order valence-corrected chi connectivity index (χ1v) is 10.1. The van der Waals surface area contributed by atoms with E-state index in [9.17, 15) is 0 Å². The summed E-state index contributed by atoms with van der Waals surface area (Å²) in [4.78, 5) is 0. The summed E-state index contributed by atoms with van der Waals surface area (Å²) < 4.78 is 8.52. The van der Waals surface area contributed by atoms with E-state index in [1.807, 2.05) is 6.92 Å². The van der Waals surface area contributed by atoms with Gasteiger partial charge in [-0.25, -0.2) is 0 Å². The number of hydrogen-bond donors (Lipinski definition) is 1. The van der Waals surface area contributed by atoms with Crippen LogP contribution in [0.4, 0.5) is 0 Å². The molecule has 3 heteroatoms. The van der Waals surface area contributed by atoms with Crippen LogP contribution in [0, 0.1) is 0 Å². The minimum absolute atomic E-state index is 0.115. The third-order valence-corrected chi connectivity index (χ3v) is 9.06. The summed E-state index contributed by atoms with van der Waals surface area (Å²) in [6, 6.07) is 8.60. The Morgan fingerprint density at radius 1 is 1.33 bits per heavy atom. The first-order valence-electron chi connectivity index (χ1n) is 5.54. The van der Waals surface area contributed by atoms with Crippen LogP contribution in [0.2, 0.25) is 4.44 Å². The minimum atomic E-state index is -1.84. The molecule has 1 rings (SSSR count). The molecule has 1 unspecified atom stereocenters. The molecule has 2 N–H and O–H groups in total. The van der Waals surface area contributed by atoms with Gasteiger partial charge < -0.3 is 0 Å². The van der Waals surface area contributed by atoms with Gasteiger partial charge >= 0.3 is 100 Å². The second-order valence-corrected chi connectivity index (χ2v) is 10.4. The summed E-state index contributed by atoms with van der Waals surface area (Å²) in [5.41, 5.74) is 7.26. The molecule has 1 atom stereocenters. The number of hydrogen-bond acceptors (Lipinski definition) is 2. The Labute approximate surface area is 100 Å². The molecule has 0 bridgehead atoms. The van der Waals surface area contributed by atoms with E-state index in [1.165, 1.54) is 13.6 Å². The maximum absolute atomic E-state index is 5.98.